The van der Waals surface area contributed by atoms with Gasteiger partial charge in [0.1, 0.15) is 5.60 Å². The van der Waals surface area contributed by atoms with E-state index in [1.54, 1.807) is 18.4 Å². The van der Waals surface area contributed by atoms with Crippen molar-refractivity contribution in [1.82, 2.24) is 0 Å². The Hall–Kier alpha value is -1.94. The van der Waals surface area contributed by atoms with Crippen LogP contribution in [0.4, 0.5) is 0 Å². The fourth-order valence-corrected chi connectivity index (χ4v) is 7.70. The molecule has 4 nitrogen and oxygen atoms in total. The maximum absolute atomic E-state index is 11.9. The molecule has 1 aliphatic heterocycles. The average molecular weight is 378 g/mol. The molecule has 2 unspecified atom stereocenters. The lowest BCUT2D eigenvalue weighted by molar-refractivity contribution is -0.111. The Morgan fingerprint density at radius 3 is 2.75 bits per heavy atom. The van der Waals surface area contributed by atoms with Crippen molar-refractivity contribution in [2.45, 2.75) is 63.6 Å². The van der Waals surface area contributed by atoms with Gasteiger partial charge in [-0.1, -0.05) is 25.5 Å². The summed E-state index contributed by atoms with van der Waals surface area (Å²) in [4.78, 5) is 23.4. The zero-order valence-corrected chi connectivity index (χ0v) is 16.4. The Morgan fingerprint density at radius 2 is 1.96 bits per heavy atom. The average Bonchev–Trinajstić information content (AvgIpc) is 3.33. The van der Waals surface area contributed by atoms with Crippen LogP contribution in [0.1, 0.15) is 57.4 Å². The molecule has 0 bridgehead atoms. The summed E-state index contributed by atoms with van der Waals surface area (Å²) >= 11 is 0. The summed E-state index contributed by atoms with van der Waals surface area (Å²) in [5, 5.41) is 0. The van der Waals surface area contributed by atoms with E-state index in [9.17, 15) is 9.59 Å². The van der Waals surface area contributed by atoms with Gasteiger partial charge >= 0.3 is 5.63 Å². The first kappa shape index (κ1) is 17.0. The van der Waals surface area contributed by atoms with Gasteiger partial charge in [-0.15, -0.1) is 0 Å². The van der Waals surface area contributed by atoms with Gasteiger partial charge in [0, 0.05) is 16.9 Å². The van der Waals surface area contributed by atoms with E-state index in [0.717, 1.165) is 37.7 Å². The highest BCUT2D eigenvalue weighted by Crippen LogP contribution is 2.77. The van der Waals surface area contributed by atoms with Gasteiger partial charge in [-0.3, -0.25) is 4.79 Å². The second-order valence-corrected chi connectivity index (χ2v) is 9.97. The molecule has 5 aliphatic rings. The van der Waals surface area contributed by atoms with E-state index in [1.807, 2.05) is 12.1 Å². The van der Waals surface area contributed by atoms with Crippen molar-refractivity contribution >= 4 is 5.78 Å². The summed E-state index contributed by atoms with van der Waals surface area (Å²) in [6, 6.07) is 3.50. The van der Waals surface area contributed by atoms with E-state index in [-0.39, 0.29) is 27.8 Å². The number of epoxide rings is 1. The number of ether oxygens (including phenoxy) is 1. The van der Waals surface area contributed by atoms with Crippen LogP contribution in [0.15, 0.2) is 51.4 Å². The lowest BCUT2D eigenvalue weighted by Crippen LogP contribution is -2.55. The van der Waals surface area contributed by atoms with Gasteiger partial charge in [0.2, 0.25) is 0 Å². The minimum atomic E-state index is -0.287. The van der Waals surface area contributed by atoms with E-state index >= 15 is 0 Å². The van der Waals surface area contributed by atoms with Crippen LogP contribution in [-0.4, -0.2) is 17.5 Å². The number of hydrogen-bond donors (Lipinski definition) is 0. The SMILES string of the molecule is C[C@]12C=CC(=O)C=C1CCC1C2CC[C@]2(C)[C@@H](c3ccc(=O)oc3)C[C@H]3O[C@]132. The van der Waals surface area contributed by atoms with Crippen LogP contribution in [0, 0.1) is 22.7 Å². The Bertz CT molecular complexity index is 982. The van der Waals surface area contributed by atoms with Crippen LogP contribution in [0.5, 0.6) is 0 Å². The fourth-order valence-electron chi connectivity index (χ4n) is 7.70. The van der Waals surface area contributed by atoms with E-state index in [0.29, 0.717) is 23.9 Å². The van der Waals surface area contributed by atoms with E-state index in [2.05, 4.69) is 19.9 Å². The van der Waals surface area contributed by atoms with Crippen molar-refractivity contribution in [3.05, 3.63) is 58.2 Å². The van der Waals surface area contributed by atoms with E-state index in [1.165, 1.54) is 5.57 Å². The maximum atomic E-state index is 11.9. The predicted molar refractivity (Wildman–Crippen MR) is 104 cm³/mol. The number of hydrogen-bond acceptors (Lipinski definition) is 4. The molecule has 1 spiro atoms. The highest BCUT2D eigenvalue weighted by Gasteiger charge is 2.80. The van der Waals surface area contributed by atoms with Gasteiger partial charge in [-0.2, -0.15) is 0 Å². The Kier molecular flexibility index (Phi) is 3.12. The minimum absolute atomic E-state index is 0.0129. The van der Waals surface area contributed by atoms with Gasteiger partial charge in [-0.25, -0.2) is 4.79 Å². The molecular formula is C24H26O4. The van der Waals surface area contributed by atoms with E-state index < -0.39 is 0 Å². The third-order valence-electron chi connectivity index (χ3n) is 9.10. The summed E-state index contributed by atoms with van der Waals surface area (Å²) in [6.45, 7) is 4.73. The quantitative estimate of drug-likeness (QED) is 0.689. The number of carbonyl (C=O) groups excluding carboxylic acids is 1. The smallest absolute Gasteiger partial charge is 0.335 e. The van der Waals surface area contributed by atoms with Crippen LogP contribution >= 0.6 is 0 Å². The molecule has 28 heavy (non-hydrogen) atoms. The van der Waals surface area contributed by atoms with Crippen LogP contribution in [0.2, 0.25) is 0 Å². The third kappa shape index (κ3) is 1.85. The summed E-state index contributed by atoms with van der Waals surface area (Å²) in [6.07, 6.45) is 13.2. The molecule has 4 fully saturated rings. The first-order valence-electron chi connectivity index (χ1n) is 10.6. The monoisotopic (exact) mass is 378 g/mol. The number of fused-ring (bicyclic) bond motifs is 3. The minimum Gasteiger partial charge on any atom is -0.431 e. The molecule has 1 aromatic heterocycles. The maximum Gasteiger partial charge on any atom is 0.335 e. The topological polar surface area (TPSA) is 59.8 Å². The number of allylic oxidation sites excluding steroid dienone is 4. The summed E-state index contributed by atoms with van der Waals surface area (Å²) < 4.78 is 11.7. The molecule has 7 atom stereocenters. The number of carbonyl (C=O) groups is 1. The lowest BCUT2D eigenvalue weighted by Gasteiger charge is -2.57. The molecule has 2 heterocycles. The molecule has 3 saturated carbocycles. The van der Waals surface area contributed by atoms with Crippen LogP contribution in [0.25, 0.3) is 0 Å². The largest absolute Gasteiger partial charge is 0.431 e. The normalized spacial score (nSPS) is 48.2. The fraction of sp³-hybridized carbons (Fsp3) is 0.583. The molecule has 146 valence electrons. The zero-order chi connectivity index (χ0) is 19.3. The molecule has 1 aromatic rings. The highest BCUT2D eigenvalue weighted by molar-refractivity contribution is 6.01. The van der Waals surface area contributed by atoms with Crippen molar-refractivity contribution in [3.8, 4) is 0 Å². The Balaban J connectivity index is 1.40. The molecule has 0 N–H and O–H groups in total. The highest BCUT2D eigenvalue weighted by atomic mass is 16.6. The van der Waals surface area contributed by atoms with Gasteiger partial charge < -0.3 is 9.15 Å². The molecule has 4 aliphatic carbocycles. The molecule has 0 radical (unpaired) electrons. The Labute approximate surface area is 164 Å². The summed E-state index contributed by atoms with van der Waals surface area (Å²) in [5.74, 6) is 1.57. The van der Waals surface area contributed by atoms with E-state index in [4.69, 9.17) is 9.15 Å². The number of ketones is 1. The van der Waals surface area contributed by atoms with Crippen LogP contribution in [0.3, 0.4) is 0 Å². The first-order valence-corrected chi connectivity index (χ1v) is 10.6. The standard InChI is InChI=1S/C24H26O4/c1-22-9-7-16(25)11-15(22)4-5-18-17(22)8-10-23(2)19(12-20-24(18,23)28-20)14-3-6-21(26)27-13-14/h3,6-7,9,11,13,17-20H,4-5,8,10,12H2,1-2H3/t17?,18?,19-,20-,22+,23-,24-/m1/s1. The van der Waals surface area contributed by atoms with Gasteiger partial charge in [0.25, 0.3) is 0 Å². The second kappa shape index (κ2) is 5.15. The van der Waals surface area contributed by atoms with Gasteiger partial charge in [-0.05, 0) is 73.6 Å². The van der Waals surface area contributed by atoms with Crippen LogP contribution < -0.4 is 5.63 Å². The van der Waals surface area contributed by atoms with Gasteiger partial charge in [0.15, 0.2) is 5.78 Å². The van der Waals surface area contributed by atoms with Crippen molar-refractivity contribution < 1.29 is 13.9 Å². The summed E-state index contributed by atoms with van der Waals surface area (Å²) in [5.41, 5.74) is 2.18. The van der Waals surface area contributed by atoms with Crippen molar-refractivity contribution in [1.29, 1.82) is 0 Å². The molecule has 4 heteroatoms. The number of rotatable bonds is 1. The third-order valence-corrected chi connectivity index (χ3v) is 9.10. The zero-order valence-electron chi connectivity index (χ0n) is 16.4. The van der Waals surface area contributed by atoms with Gasteiger partial charge in [0.05, 0.1) is 12.4 Å². The molecule has 0 amide bonds. The lowest BCUT2D eigenvalue weighted by atomic mass is 9.47. The molecule has 0 aromatic carbocycles. The van der Waals surface area contributed by atoms with Crippen molar-refractivity contribution in [3.63, 3.8) is 0 Å². The molecular weight excluding hydrogens is 352 g/mol. The first-order chi connectivity index (χ1) is 13.4. The van der Waals surface area contributed by atoms with Crippen molar-refractivity contribution in [2.24, 2.45) is 22.7 Å². The van der Waals surface area contributed by atoms with Crippen LogP contribution in [-0.2, 0) is 9.53 Å². The predicted octanol–water partition coefficient (Wildman–Crippen LogP) is 4.16. The second-order valence-electron chi connectivity index (χ2n) is 9.97. The Morgan fingerprint density at radius 1 is 1.11 bits per heavy atom. The summed E-state index contributed by atoms with van der Waals surface area (Å²) in [7, 11) is 0. The molecule has 1 saturated heterocycles. The van der Waals surface area contributed by atoms with Crippen molar-refractivity contribution in [2.75, 3.05) is 0 Å². The molecule has 6 rings (SSSR count).